The standard InChI is InChI=1S/C41H34N6O6S/c1-27-36(41(51)46(45(27)2)32-18-10-5-11-19-32)44-40(50)37(29-13-6-3-7-14-29)54-34-20-12-17-31(26-34)42-39(49)35(43-38(48)30-15-8-4-9-16-30)25-28-21-23-33(24-22-28)47(52)53/h3-26,37H,1-2H3,(H,42,49)(H,43,48)(H,44,50)/b35-25+. The van der Waals surface area contributed by atoms with Crippen LogP contribution in [0.4, 0.5) is 17.1 Å². The highest BCUT2D eigenvalue weighted by Gasteiger charge is 2.26. The van der Waals surface area contributed by atoms with Gasteiger partial charge in [-0.15, -0.1) is 11.8 Å². The van der Waals surface area contributed by atoms with E-state index in [0.29, 0.717) is 38.7 Å². The number of amides is 3. The molecule has 3 amide bonds. The number of nitro groups is 1. The Balaban J connectivity index is 1.26. The lowest BCUT2D eigenvalue weighted by molar-refractivity contribution is -0.384. The van der Waals surface area contributed by atoms with Crippen LogP contribution in [0.5, 0.6) is 0 Å². The van der Waals surface area contributed by atoms with Crippen LogP contribution in [0, 0.1) is 17.0 Å². The maximum absolute atomic E-state index is 14.0. The molecule has 0 radical (unpaired) electrons. The van der Waals surface area contributed by atoms with Crippen molar-refractivity contribution in [2.24, 2.45) is 7.05 Å². The number of nitrogens with one attached hydrogen (secondary N) is 3. The van der Waals surface area contributed by atoms with E-state index in [1.54, 1.807) is 73.3 Å². The van der Waals surface area contributed by atoms with Crippen molar-refractivity contribution in [2.45, 2.75) is 17.1 Å². The molecule has 0 saturated heterocycles. The van der Waals surface area contributed by atoms with Crippen LogP contribution in [0.15, 0.2) is 155 Å². The Morgan fingerprint density at radius 1 is 0.796 bits per heavy atom. The van der Waals surface area contributed by atoms with Gasteiger partial charge in [-0.25, -0.2) is 4.68 Å². The summed E-state index contributed by atoms with van der Waals surface area (Å²) in [5, 5.41) is 18.7. The van der Waals surface area contributed by atoms with E-state index < -0.39 is 27.9 Å². The lowest BCUT2D eigenvalue weighted by atomic mass is 10.1. The number of benzene rings is 5. The SMILES string of the molecule is Cc1c(NC(=O)C(Sc2cccc(NC(=O)/C(=C\c3ccc([N+](=O)[O-])cc3)NC(=O)c3ccccc3)c2)c2ccccc2)c(=O)n(-c2ccccc2)n1C. The molecule has 1 atom stereocenters. The van der Waals surface area contributed by atoms with Gasteiger partial charge in [0.25, 0.3) is 23.1 Å². The van der Waals surface area contributed by atoms with Crippen molar-refractivity contribution in [1.82, 2.24) is 14.7 Å². The first kappa shape index (κ1) is 36.8. The highest BCUT2D eigenvalue weighted by Crippen LogP contribution is 2.37. The molecular weight excluding hydrogens is 705 g/mol. The number of nitro benzene ring substituents is 1. The molecule has 0 spiro atoms. The predicted octanol–water partition coefficient (Wildman–Crippen LogP) is 7.27. The summed E-state index contributed by atoms with van der Waals surface area (Å²) in [7, 11) is 1.75. The number of rotatable bonds is 12. The summed E-state index contributed by atoms with van der Waals surface area (Å²) in [4.78, 5) is 65.7. The van der Waals surface area contributed by atoms with Crippen LogP contribution < -0.4 is 21.5 Å². The van der Waals surface area contributed by atoms with E-state index in [0.717, 1.165) is 0 Å². The molecule has 6 aromatic rings. The van der Waals surface area contributed by atoms with Crippen molar-refractivity contribution in [3.05, 3.63) is 188 Å². The summed E-state index contributed by atoms with van der Waals surface area (Å²) in [5.74, 6) is -1.58. The summed E-state index contributed by atoms with van der Waals surface area (Å²) in [6, 6.07) is 39.1. The van der Waals surface area contributed by atoms with Gasteiger partial charge in [0.05, 0.1) is 16.3 Å². The van der Waals surface area contributed by atoms with Crippen LogP contribution in [-0.4, -0.2) is 32.0 Å². The Hall–Kier alpha value is -6.99. The average molecular weight is 739 g/mol. The highest BCUT2D eigenvalue weighted by atomic mass is 32.2. The number of hydrogen-bond acceptors (Lipinski definition) is 7. The molecule has 0 saturated carbocycles. The van der Waals surface area contributed by atoms with Crippen LogP contribution in [0.2, 0.25) is 0 Å². The summed E-state index contributed by atoms with van der Waals surface area (Å²) < 4.78 is 3.19. The molecule has 3 N–H and O–H groups in total. The topological polar surface area (TPSA) is 157 Å². The van der Waals surface area contributed by atoms with E-state index >= 15 is 0 Å². The maximum atomic E-state index is 14.0. The van der Waals surface area contributed by atoms with Crippen molar-refractivity contribution in [1.29, 1.82) is 0 Å². The molecule has 1 unspecified atom stereocenters. The van der Waals surface area contributed by atoms with Gasteiger partial charge in [0.15, 0.2) is 0 Å². The van der Waals surface area contributed by atoms with Crippen LogP contribution in [0.25, 0.3) is 11.8 Å². The quantitative estimate of drug-likeness (QED) is 0.0516. The zero-order valence-corrected chi connectivity index (χ0v) is 29.9. The number of non-ortho nitro benzene ring substituents is 1. The first-order chi connectivity index (χ1) is 26.1. The van der Waals surface area contributed by atoms with E-state index in [-0.39, 0.29) is 22.6 Å². The number of thioether (sulfide) groups is 1. The van der Waals surface area contributed by atoms with Crippen molar-refractivity contribution in [3.8, 4) is 5.69 Å². The summed E-state index contributed by atoms with van der Waals surface area (Å²) >= 11 is 1.23. The number of para-hydroxylation sites is 1. The molecule has 0 bridgehead atoms. The second-order valence-corrected chi connectivity index (χ2v) is 13.2. The Morgan fingerprint density at radius 3 is 2.07 bits per heavy atom. The normalized spacial score (nSPS) is 11.7. The van der Waals surface area contributed by atoms with Crippen molar-refractivity contribution >= 4 is 52.6 Å². The third-order valence-electron chi connectivity index (χ3n) is 8.43. The minimum Gasteiger partial charge on any atom is -0.321 e. The van der Waals surface area contributed by atoms with Crippen LogP contribution >= 0.6 is 11.8 Å². The van der Waals surface area contributed by atoms with Crippen LogP contribution in [0.3, 0.4) is 0 Å². The van der Waals surface area contributed by atoms with Gasteiger partial charge in [0.2, 0.25) is 5.91 Å². The lowest BCUT2D eigenvalue weighted by Crippen LogP contribution is -2.30. The molecule has 270 valence electrons. The van der Waals surface area contributed by atoms with Gasteiger partial charge >= 0.3 is 0 Å². The fourth-order valence-corrected chi connectivity index (χ4v) is 6.67. The molecule has 0 aliphatic heterocycles. The zero-order chi connectivity index (χ0) is 38.2. The molecule has 6 rings (SSSR count). The van der Waals surface area contributed by atoms with Crippen molar-refractivity contribution in [3.63, 3.8) is 0 Å². The molecule has 12 nitrogen and oxygen atoms in total. The van der Waals surface area contributed by atoms with E-state index in [9.17, 15) is 29.3 Å². The minimum atomic E-state index is -0.788. The Labute approximate surface area is 314 Å². The Kier molecular flexibility index (Phi) is 11.3. The molecular formula is C41H34N6O6S. The number of carbonyl (C=O) groups is 3. The van der Waals surface area contributed by atoms with Crippen LogP contribution in [-0.2, 0) is 16.6 Å². The third kappa shape index (κ3) is 8.54. The monoisotopic (exact) mass is 738 g/mol. The van der Waals surface area contributed by atoms with Gasteiger partial charge in [-0.3, -0.25) is 34.0 Å². The van der Waals surface area contributed by atoms with Gasteiger partial charge in [-0.05, 0) is 78.7 Å². The number of aromatic nitrogens is 2. The first-order valence-electron chi connectivity index (χ1n) is 16.7. The fourth-order valence-electron chi connectivity index (χ4n) is 5.58. The molecule has 54 heavy (non-hydrogen) atoms. The van der Waals surface area contributed by atoms with Crippen molar-refractivity contribution < 1.29 is 19.3 Å². The first-order valence-corrected chi connectivity index (χ1v) is 17.6. The van der Waals surface area contributed by atoms with Gasteiger partial charge in [-0.1, -0.05) is 72.8 Å². The summed E-state index contributed by atoms with van der Waals surface area (Å²) in [6.45, 7) is 1.76. The average Bonchev–Trinajstić information content (AvgIpc) is 3.40. The molecule has 1 aromatic heterocycles. The third-order valence-corrected chi connectivity index (χ3v) is 9.68. The molecule has 0 fully saturated rings. The minimum absolute atomic E-state index is 0.100. The highest BCUT2D eigenvalue weighted by molar-refractivity contribution is 8.00. The molecule has 1 heterocycles. The van der Waals surface area contributed by atoms with E-state index in [2.05, 4.69) is 16.0 Å². The van der Waals surface area contributed by atoms with Gasteiger partial charge in [0.1, 0.15) is 16.6 Å². The van der Waals surface area contributed by atoms with Gasteiger partial charge < -0.3 is 16.0 Å². The predicted molar refractivity (Wildman–Crippen MR) is 209 cm³/mol. The van der Waals surface area contributed by atoms with Gasteiger partial charge in [-0.2, -0.15) is 0 Å². The zero-order valence-electron chi connectivity index (χ0n) is 29.1. The Morgan fingerprint density at radius 2 is 1.43 bits per heavy atom. The molecule has 0 aliphatic carbocycles. The van der Waals surface area contributed by atoms with E-state index in [1.807, 2.05) is 60.7 Å². The van der Waals surface area contributed by atoms with E-state index in [4.69, 9.17) is 0 Å². The summed E-state index contributed by atoms with van der Waals surface area (Å²) in [5.41, 5.74) is 2.67. The molecule has 5 aromatic carbocycles. The number of anilines is 2. The second-order valence-electron chi connectivity index (χ2n) is 12.0. The van der Waals surface area contributed by atoms with Gasteiger partial charge in [0, 0.05) is 35.3 Å². The Bertz CT molecular complexity index is 2410. The smallest absolute Gasteiger partial charge is 0.295 e. The molecule has 13 heteroatoms. The number of hydrogen-bond donors (Lipinski definition) is 3. The molecule has 0 aliphatic rings. The summed E-state index contributed by atoms with van der Waals surface area (Å²) in [6.07, 6.45) is 1.42. The van der Waals surface area contributed by atoms with E-state index in [1.165, 1.54) is 46.8 Å². The van der Waals surface area contributed by atoms with Crippen LogP contribution in [0.1, 0.15) is 32.4 Å². The lowest BCUT2D eigenvalue weighted by Gasteiger charge is -2.17. The number of carbonyl (C=O) groups excluding carboxylic acids is 3. The van der Waals surface area contributed by atoms with Crippen molar-refractivity contribution in [2.75, 3.05) is 10.6 Å². The fraction of sp³-hybridized carbons (Fsp3) is 0.0732. The largest absolute Gasteiger partial charge is 0.321 e. The number of nitrogens with zero attached hydrogens (tertiary/aromatic N) is 3. The maximum Gasteiger partial charge on any atom is 0.295 e. The second kappa shape index (κ2) is 16.6.